The summed E-state index contributed by atoms with van der Waals surface area (Å²) in [5.41, 5.74) is 2.20. The summed E-state index contributed by atoms with van der Waals surface area (Å²) in [6.07, 6.45) is 0.647. The highest BCUT2D eigenvalue weighted by Gasteiger charge is 2.54. The number of hydrogen-bond acceptors (Lipinski definition) is 5. The molecule has 6 heteroatoms. The van der Waals surface area contributed by atoms with Crippen molar-refractivity contribution in [2.45, 2.75) is 28.7 Å². The van der Waals surface area contributed by atoms with E-state index in [0.29, 0.717) is 12.8 Å². The van der Waals surface area contributed by atoms with Crippen LogP contribution in [0.25, 0.3) is 0 Å². The van der Waals surface area contributed by atoms with Gasteiger partial charge in [0.2, 0.25) is 0 Å². The summed E-state index contributed by atoms with van der Waals surface area (Å²) in [5.74, 6) is 0. The molecule has 1 aliphatic rings. The highest BCUT2D eigenvalue weighted by atomic mass is 32.2. The maximum absolute atomic E-state index is 13.1. The number of benzene rings is 2. The molecule has 1 fully saturated rings. The molecule has 1 heterocycles. The Morgan fingerprint density at radius 1 is 0.920 bits per heavy atom. The van der Waals surface area contributed by atoms with Crippen LogP contribution in [0, 0.1) is 0 Å². The minimum Gasteiger partial charge on any atom is -0.377 e. The van der Waals surface area contributed by atoms with E-state index in [1.54, 1.807) is 11.8 Å². The van der Waals surface area contributed by atoms with E-state index in [-0.39, 0.29) is 10.5 Å². The minimum absolute atomic E-state index is 0.00350. The molecule has 0 aliphatic carbocycles. The molecular weight excluding hydrogens is 355 g/mol. The zero-order valence-electron chi connectivity index (χ0n) is 14.4. The quantitative estimate of drug-likeness (QED) is 0.728. The first-order valence-electron chi connectivity index (χ1n) is 8.21. The Morgan fingerprint density at radius 3 is 1.68 bits per heavy atom. The predicted octanol–water partition coefficient (Wildman–Crippen LogP) is 5.17. The number of rotatable bonds is 5. The second kappa shape index (κ2) is 7.65. The molecule has 0 amide bonds. The average molecular weight is 378 g/mol. The summed E-state index contributed by atoms with van der Waals surface area (Å²) in [4.78, 5) is 0. The Morgan fingerprint density at radius 2 is 1.32 bits per heavy atom. The third-order valence-corrected chi connectivity index (χ3v) is 8.57. The van der Waals surface area contributed by atoms with Crippen LogP contribution >= 0.6 is 19.4 Å². The maximum Gasteiger partial charge on any atom is 0.361 e. The fourth-order valence-electron chi connectivity index (χ4n) is 3.34. The van der Waals surface area contributed by atoms with Gasteiger partial charge in [0.25, 0.3) is 0 Å². The topological polar surface area (TPSA) is 55.8 Å². The highest BCUT2D eigenvalue weighted by Crippen LogP contribution is 2.68. The lowest BCUT2D eigenvalue weighted by atomic mass is 9.98. The van der Waals surface area contributed by atoms with Crippen molar-refractivity contribution in [3.63, 3.8) is 0 Å². The highest BCUT2D eigenvalue weighted by molar-refractivity contribution is 7.99. The largest absolute Gasteiger partial charge is 0.377 e. The van der Waals surface area contributed by atoms with Crippen LogP contribution < -0.4 is 0 Å². The predicted molar refractivity (Wildman–Crippen MR) is 102 cm³/mol. The average Bonchev–Trinajstić information content (AvgIpc) is 2.68. The van der Waals surface area contributed by atoms with E-state index >= 15 is 0 Å². The fourth-order valence-corrected chi connectivity index (χ4v) is 7.00. The van der Waals surface area contributed by atoms with Crippen molar-refractivity contribution < 1.29 is 18.7 Å². The molecule has 134 valence electrons. The van der Waals surface area contributed by atoms with Gasteiger partial charge in [-0.2, -0.15) is 0 Å². The molecule has 25 heavy (non-hydrogen) atoms. The van der Waals surface area contributed by atoms with Gasteiger partial charge >= 0.3 is 7.60 Å². The molecular formula is C19H23O4PS. The molecule has 1 aliphatic heterocycles. The lowest BCUT2D eigenvalue weighted by Crippen LogP contribution is -2.36. The van der Waals surface area contributed by atoms with Gasteiger partial charge < -0.3 is 14.2 Å². The van der Waals surface area contributed by atoms with Crippen LogP contribution in [-0.2, 0) is 13.6 Å². The second-order valence-corrected chi connectivity index (χ2v) is 10.2. The van der Waals surface area contributed by atoms with Gasteiger partial charge in [-0.15, -0.1) is 11.8 Å². The van der Waals surface area contributed by atoms with Crippen molar-refractivity contribution in [3.8, 4) is 0 Å². The summed E-state index contributed by atoms with van der Waals surface area (Å²) in [6, 6.07) is 20.0. The zero-order chi connectivity index (χ0) is 17.9. The smallest absolute Gasteiger partial charge is 0.361 e. The zero-order valence-corrected chi connectivity index (χ0v) is 16.1. The van der Waals surface area contributed by atoms with Crippen LogP contribution in [0.1, 0.15) is 34.5 Å². The van der Waals surface area contributed by atoms with E-state index in [4.69, 9.17) is 9.05 Å². The van der Waals surface area contributed by atoms with E-state index in [1.807, 2.05) is 60.7 Å². The lowest BCUT2D eigenvalue weighted by Gasteiger charge is -2.43. The molecule has 1 N–H and O–H groups in total. The normalized spacial score (nSPS) is 27.2. The SMILES string of the molecule is COP(=O)(OC)C1(O)CC(c2ccccc2)SC(c2ccccc2)C1. The van der Waals surface area contributed by atoms with Gasteiger partial charge in [-0.05, 0) is 11.1 Å². The molecule has 3 rings (SSSR count). The Labute approximate surface area is 153 Å². The van der Waals surface area contributed by atoms with E-state index < -0.39 is 12.9 Å². The molecule has 0 spiro atoms. The third kappa shape index (κ3) is 3.71. The van der Waals surface area contributed by atoms with Gasteiger partial charge in [0.05, 0.1) is 0 Å². The number of hydrogen-bond donors (Lipinski definition) is 1. The molecule has 0 bridgehead atoms. The summed E-state index contributed by atoms with van der Waals surface area (Å²) in [5, 5.41) is 9.81. The van der Waals surface area contributed by atoms with E-state index in [2.05, 4.69) is 0 Å². The summed E-state index contributed by atoms with van der Waals surface area (Å²) in [7, 11) is -0.977. The molecule has 0 radical (unpaired) electrons. The second-order valence-electron chi connectivity index (χ2n) is 6.19. The van der Waals surface area contributed by atoms with Crippen LogP contribution in [0.5, 0.6) is 0 Å². The minimum atomic E-state index is -3.64. The molecule has 0 aromatic heterocycles. The Balaban J connectivity index is 2.00. The molecule has 2 aromatic carbocycles. The molecule has 4 nitrogen and oxygen atoms in total. The first-order chi connectivity index (χ1) is 12.0. The van der Waals surface area contributed by atoms with Crippen LogP contribution in [0.4, 0.5) is 0 Å². The lowest BCUT2D eigenvalue weighted by molar-refractivity contribution is 0.0581. The standard InChI is InChI=1S/C19H23O4PS/c1-22-24(21,23-2)19(20)13-17(15-9-5-3-6-10-15)25-18(14-19)16-11-7-4-8-12-16/h3-12,17-18,20H,13-14H2,1-2H3. The number of aliphatic hydroxyl groups is 1. The first kappa shape index (κ1) is 18.7. The monoisotopic (exact) mass is 378 g/mol. The van der Waals surface area contributed by atoms with Crippen molar-refractivity contribution in [1.29, 1.82) is 0 Å². The van der Waals surface area contributed by atoms with Gasteiger partial charge in [0, 0.05) is 37.6 Å². The Hall–Kier alpha value is -1.10. The van der Waals surface area contributed by atoms with E-state index in [0.717, 1.165) is 11.1 Å². The molecule has 2 atom stereocenters. The summed E-state index contributed by atoms with van der Waals surface area (Å²) < 4.78 is 23.4. The van der Waals surface area contributed by atoms with Crippen LogP contribution in [-0.4, -0.2) is 24.7 Å². The molecule has 0 saturated carbocycles. The van der Waals surface area contributed by atoms with Crippen LogP contribution in [0.3, 0.4) is 0 Å². The van der Waals surface area contributed by atoms with Gasteiger partial charge in [-0.1, -0.05) is 60.7 Å². The van der Waals surface area contributed by atoms with Crippen molar-refractivity contribution in [3.05, 3.63) is 71.8 Å². The van der Waals surface area contributed by atoms with Gasteiger partial charge in [-0.25, -0.2) is 0 Å². The number of thioether (sulfide) groups is 1. The molecule has 2 unspecified atom stereocenters. The first-order valence-corrected chi connectivity index (χ1v) is 10.7. The molecule has 1 saturated heterocycles. The van der Waals surface area contributed by atoms with E-state index in [9.17, 15) is 9.67 Å². The van der Waals surface area contributed by atoms with E-state index in [1.165, 1.54) is 14.2 Å². The van der Waals surface area contributed by atoms with Crippen LogP contribution in [0.2, 0.25) is 0 Å². The van der Waals surface area contributed by atoms with Gasteiger partial charge in [-0.3, -0.25) is 4.57 Å². The fraction of sp³-hybridized carbons (Fsp3) is 0.368. The van der Waals surface area contributed by atoms with Crippen LogP contribution in [0.15, 0.2) is 60.7 Å². The Bertz CT molecular complexity index is 682. The van der Waals surface area contributed by atoms with Gasteiger partial charge in [0.1, 0.15) is 0 Å². The van der Waals surface area contributed by atoms with Gasteiger partial charge in [0.15, 0.2) is 5.34 Å². The summed E-state index contributed by atoms with van der Waals surface area (Å²) in [6.45, 7) is 0. The van der Waals surface area contributed by atoms with Crippen molar-refractivity contribution in [1.82, 2.24) is 0 Å². The Kier molecular flexibility index (Phi) is 5.71. The van der Waals surface area contributed by atoms with Crippen molar-refractivity contribution in [2.24, 2.45) is 0 Å². The third-order valence-electron chi connectivity index (χ3n) is 4.69. The van der Waals surface area contributed by atoms with Crippen molar-refractivity contribution in [2.75, 3.05) is 14.2 Å². The van der Waals surface area contributed by atoms with Crippen molar-refractivity contribution >= 4 is 19.4 Å². The summed E-state index contributed by atoms with van der Waals surface area (Å²) >= 11 is 1.78. The maximum atomic E-state index is 13.1. The molecule has 2 aromatic rings.